The van der Waals surface area contributed by atoms with E-state index in [1.807, 2.05) is 23.1 Å². The van der Waals surface area contributed by atoms with Gasteiger partial charge in [0.15, 0.2) is 6.10 Å². The maximum absolute atomic E-state index is 12.7. The summed E-state index contributed by atoms with van der Waals surface area (Å²) in [5.74, 6) is 2.57. The maximum atomic E-state index is 12.7. The number of benzene rings is 1. The standard InChI is InChI=1S/C17H22N2O2.ClH/c20-17(16-9-12-3-1-2-4-15(12)21-16)19-7-5-13-10-18-11-14(13)6-8-19;/h1-4,13-14,16,18H,5-11H2;1H/t13-,14+,16?;. The van der Waals surface area contributed by atoms with Crippen molar-refractivity contribution in [1.29, 1.82) is 0 Å². The largest absolute Gasteiger partial charge is 0.480 e. The van der Waals surface area contributed by atoms with Crippen molar-refractivity contribution in [1.82, 2.24) is 10.2 Å². The molecular weight excluding hydrogens is 300 g/mol. The molecule has 120 valence electrons. The van der Waals surface area contributed by atoms with Gasteiger partial charge in [-0.2, -0.15) is 0 Å². The highest BCUT2D eigenvalue weighted by Crippen LogP contribution is 2.31. The Hall–Kier alpha value is -1.26. The summed E-state index contributed by atoms with van der Waals surface area (Å²) < 4.78 is 5.85. The lowest BCUT2D eigenvalue weighted by Crippen LogP contribution is -2.42. The van der Waals surface area contributed by atoms with E-state index in [2.05, 4.69) is 11.4 Å². The minimum absolute atomic E-state index is 0. The van der Waals surface area contributed by atoms with Gasteiger partial charge in [-0.15, -0.1) is 12.4 Å². The van der Waals surface area contributed by atoms with Gasteiger partial charge in [-0.05, 0) is 49.4 Å². The van der Waals surface area contributed by atoms with Crippen molar-refractivity contribution < 1.29 is 9.53 Å². The fraction of sp³-hybridized carbons (Fsp3) is 0.588. The number of fused-ring (bicyclic) bond motifs is 2. The van der Waals surface area contributed by atoms with E-state index in [4.69, 9.17) is 4.74 Å². The van der Waals surface area contributed by atoms with E-state index in [-0.39, 0.29) is 24.4 Å². The molecule has 1 aromatic rings. The number of rotatable bonds is 1. The van der Waals surface area contributed by atoms with Crippen LogP contribution in [0.1, 0.15) is 18.4 Å². The molecule has 0 radical (unpaired) electrons. The predicted octanol–water partition coefficient (Wildman–Crippen LogP) is 1.87. The molecule has 4 nitrogen and oxygen atoms in total. The topological polar surface area (TPSA) is 41.6 Å². The molecule has 0 saturated carbocycles. The maximum Gasteiger partial charge on any atom is 0.263 e. The lowest BCUT2D eigenvalue weighted by Gasteiger charge is -2.24. The summed E-state index contributed by atoms with van der Waals surface area (Å²) in [4.78, 5) is 14.8. The molecule has 2 fully saturated rings. The number of hydrogen-bond acceptors (Lipinski definition) is 3. The van der Waals surface area contributed by atoms with Crippen molar-refractivity contribution in [2.75, 3.05) is 26.2 Å². The number of hydrogen-bond donors (Lipinski definition) is 1. The Balaban J connectivity index is 0.00000144. The summed E-state index contributed by atoms with van der Waals surface area (Å²) in [5.41, 5.74) is 1.16. The van der Waals surface area contributed by atoms with Crippen molar-refractivity contribution in [2.24, 2.45) is 11.8 Å². The van der Waals surface area contributed by atoms with E-state index in [9.17, 15) is 4.79 Å². The van der Waals surface area contributed by atoms with Gasteiger partial charge in [0, 0.05) is 19.5 Å². The van der Waals surface area contributed by atoms with Crippen LogP contribution in [0.5, 0.6) is 5.75 Å². The highest BCUT2D eigenvalue weighted by atomic mass is 35.5. The molecule has 0 bridgehead atoms. The quantitative estimate of drug-likeness (QED) is 0.858. The molecule has 3 aliphatic heterocycles. The number of halogens is 1. The fourth-order valence-corrected chi connectivity index (χ4v) is 3.96. The summed E-state index contributed by atoms with van der Waals surface area (Å²) in [6.07, 6.45) is 2.67. The first-order chi connectivity index (χ1) is 10.3. The number of nitrogens with zero attached hydrogens (tertiary/aromatic N) is 1. The third-order valence-electron chi connectivity index (χ3n) is 5.25. The third kappa shape index (κ3) is 2.82. The molecule has 2 saturated heterocycles. The van der Waals surface area contributed by atoms with E-state index in [1.54, 1.807) is 0 Å². The lowest BCUT2D eigenvalue weighted by molar-refractivity contribution is -0.137. The van der Waals surface area contributed by atoms with Crippen LogP contribution in [0, 0.1) is 11.8 Å². The number of nitrogens with one attached hydrogen (secondary N) is 1. The van der Waals surface area contributed by atoms with Crippen molar-refractivity contribution in [2.45, 2.75) is 25.4 Å². The summed E-state index contributed by atoms with van der Waals surface area (Å²) in [6.45, 7) is 4.02. The van der Waals surface area contributed by atoms with Crippen LogP contribution >= 0.6 is 12.4 Å². The molecular formula is C17H23ClN2O2. The number of likely N-dealkylation sites (tertiary alicyclic amines) is 1. The molecule has 1 unspecified atom stereocenters. The van der Waals surface area contributed by atoms with Gasteiger partial charge in [-0.3, -0.25) is 4.79 Å². The average molecular weight is 323 g/mol. The van der Waals surface area contributed by atoms with E-state index in [0.29, 0.717) is 0 Å². The molecule has 3 heterocycles. The molecule has 22 heavy (non-hydrogen) atoms. The van der Waals surface area contributed by atoms with Crippen LogP contribution in [0.3, 0.4) is 0 Å². The van der Waals surface area contributed by atoms with Crippen LogP contribution < -0.4 is 10.1 Å². The summed E-state index contributed by atoms with van der Waals surface area (Å²) in [7, 11) is 0. The first kappa shape index (κ1) is 15.6. The normalized spacial score (nSPS) is 29.8. The van der Waals surface area contributed by atoms with Gasteiger partial charge in [-0.1, -0.05) is 18.2 Å². The smallest absolute Gasteiger partial charge is 0.263 e. The molecule has 1 N–H and O–H groups in total. The second-order valence-corrected chi connectivity index (χ2v) is 6.50. The number of carbonyl (C=O) groups excluding carboxylic acids is 1. The average Bonchev–Trinajstić information content (AvgIpc) is 3.09. The Morgan fingerprint density at radius 1 is 1.14 bits per heavy atom. The van der Waals surface area contributed by atoms with Gasteiger partial charge in [0.1, 0.15) is 5.75 Å². The minimum Gasteiger partial charge on any atom is -0.480 e. The molecule has 0 spiro atoms. The van der Waals surface area contributed by atoms with E-state index in [0.717, 1.165) is 68.6 Å². The fourth-order valence-electron chi connectivity index (χ4n) is 3.96. The first-order valence-corrected chi connectivity index (χ1v) is 8.05. The highest BCUT2D eigenvalue weighted by Gasteiger charge is 2.36. The number of amides is 1. The SMILES string of the molecule is Cl.O=C(C1Cc2ccccc2O1)N1CC[C@@H]2CNC[C@@H]2CC1. The van der Waals surface area contributed by atoms with Crippen molar-refractivity contribution in [3.63, 3.8) is 0 Å². The molecule has 3 aliphatic rings. The number of para-hydroxylation sites is 1. The Morgan fingerprint density at radius 3 is 2.50 bits per heavy atom. The van der Waals surface area contributed by atoms with Gasteiger partial charge in [0.05, 0.1) is 0 Å². The minimum atomic E-state index is -0.307. The Labute approximate surface area is 137 Å². The zero-order chi connectivity index (χ0) is 14.2. The molecule has 3 atom stereocenters. The lowest BCUT2D eigenvalue weighted by atomic mass is 9.92. The van der Waals surface area contributed by atoms with E-state index < -0.39 is 0 Å². The highest BCUT2D eigenvalue weighted by molar-refractivity contribution is 5.85. The van der Waals surface area contributed by atoms with E-state index >= 15 is 0 Å². The van der Waals surface area contributed by atoms with Crippen LogP contribution in [0.2, 0.25) is 0 Å². The van der Waals surface area contributed by atoms with Crippen LogP contribution in [0.15, 0.2) is 24.3 Å². The second-order valence-electron chi connectivity index (χ2n) is 6.50. The van der Waals surface area contributed by atoms with Gasteiger partial charge in [-0.25, -0.2) is 0 Å². The van der Waals surface area contributed by atoms with Crippen LogP contribution in [0.4, 0.5) is 0 Å². The Bertz CT molecular complexity index is 512. The monoisotopic (exact) mass is 322 g/mol. The molecule has 1 aromatic carbocycles. The van der Waals surface area contributed by atoms with E-state index in [1.165, 1.54) is 0 Å². The van der Waals surface area contributed by atoms with Crippen LogP contribution in [-0.2, 0) is 11.2 Å². The Kier molecular flexibility index (Phi) is 4.59. The van der Waals surface area contributed by atoms with Gasteiger partial charge in [0.2, 0.25) is 0 Å². The van der Waals surface area contributed by atoms with Crippen molar-refractivity contribution in [3.05, 3.63) is 29.8 Å². The van der Waals surface area contributed by atoms with Crippen LogP contribution in [0.25, 0.3) is 0 Å². The summed E-state index contributed by atoms with van der Waals surface area (Å²) in [6, 6.07) is 7.99. The third-order valence-corrected chi connectivity index (χ3v) is 5.25. The predicted molar refractivity (Wildman–Crippen MR) is 87.5 cm³/mol. The second kappa shape index (κ2) is 6.47. The molecule has 0 aromatic heterocycles. The van der Waals surface area contributed by atoms with Gasteiger partial charge < -0.3 is 15.0 Å². The zero-order valence-corrected chi connectivity index (χ0v) is 13.5. The molecule has 4 rings (SSSR count). The summed E-state index contributed by atoms with van der Waals surface area (Å²) in [5, 5.41) is 3.47. The Morgan fingerprint density at radius 2 is 1.82 bits per heavy atom. The zero-order valence-electron chi connectivity index (χ0n) is 12.7. The van der Waals surface area contributed by atoms with Crippen molar-refractivity contribution >= 4 is 18.3 Å². The summed E-state index contributed by atoms with van der Waals surface area (Å²) >= 11 is 0. The van der Waals surface area contributed by atoms with Gasteiger partial charge in [0.25, 0.3) is 5.91 Å². The number of carbonyl (C=O) groups is 1. The van der Waals surface area contributed by atoms with Crippen molar-refractivity contribution in [3.8, 4) is 5.75 Å². The van der Waals surface area contributed by atoms with Crippen LogP contribution in [-0.4, -0.2) is 43.1 Å². The molecule has 5 heteroatoms. The first-order valence-electron chi connectivity index (χ1n) is 8.05. The number of ether oxygens (including phenoxy) is 1. The molecule has 1 amide bonds. The van der Waals surface area contributed by atoms with Gasteiger partial charge >= 0.3 is 0 Å². The molecule has 0 aliphatic carbocycles.